The van der Waals surface area contributed by atoms with Crippen LogP contribution in [-0.4, -0.2) is 35.1 Å². The summed E-state index contributed by atoms with van der Waals surface area (Å²) in [6.45, 7) is 3.98. The van der Waals surface area contributed by atoms with Crippen LogP contribution in [-0.2, 0) is 4.79 Å². The molecule has 1 heterocycles. The lowest BCUT2D eigenvalue weighted by Gasteiger charge is -2.32. The fraction of sp³-hybridized carbons (Fsp3) is 0.889. The fourth-order valence-corrected chi connectivity index (χ4v) is 1.73. The maximum Gasteiger partial charge on any atom is 0.304 e. The maximum absolute atomic E-state index is 10.3. The molecule has 0 aromatic heterocycles. The molecule has 3 heteroatoms. The van der Waals surface area contributed by atoms with E-state index in [9.17, 15) is 4.79 Å². The van der Waals surface area contributed by atoms with Gasteiger partial charge in [0.05, 0.1) is 6.42 Å². The maximum atomic E-state index is 10.3. The molecule has 0 saturated carbocycles. The zero-order chi connectivity index (χ0) is 8.97. The van der Waals surface area contributed by atoms with E-state index in [-0.39, 0.29) is 6.42 Å². The Labute approximate surface area is 73.4 Å². The second-order valence-electron chi connectivity index (χ2n) is 3.52. The van der Waals surface area contributed by atoms with Gasteiger partial charge in [0.1, 0.15) is 0 Å². The summed E-state index contributed by atoms with van der Waals surface area (Å²) >= 11 is 0. The first-order valence-corrected chi connectivity index (χ1v) is 4.66. The topological polar surface area (TPSA) is 40.5 Å². The molecule has 0 amide bonds. The van der Waals surface area contributed by atoms with Crippen LogP contribution in [0.25, 0.3) is 0 Å². The number of carboxylic acid groups (broad SMARTS) is 1. The molecule has 3 nitrogen and oxygen atoms in total. The molecule has 1 rings (SSSR count). The van der Waals surface area contributed by atoms with Crippen LogP contribution in [0.5, 0.6) is 0 Å². The molecule has 1 unspecified atom stereocenters. The molecule has 1 aliphatic rings. The van der Waals surface area contributed by atoms with E-state index in [0.29, 0.717) is 6.04 Å². The lowest BCUT2D eigenvalue weighted by molar-refractivity contribution is -0.137. The van der Waals surface area contributed by atoms with Crippen molar-refractivity contribution in [2.24, 2.45) is 0 Å². The number of nitrogens with zero attached hydrogens (tertiary/aromatic N) is 1. The van der Waals surface area contributed by atoms with Gasteiger partial charge in [-0.15, -0.1) is 0 Å². The van der Waals surface area contributed by atoms with Gasteiger partial charge in [-0.05, 0) is 26.3 Å². The molecule has 12 heavy (non-hydrogen) atoms. The molecule has 1 N–H and O–H groups in total. The molecule has 1 saturated heterocycles. The van der Waals surface area contributed by atoms with E-state index in [1.165, 1.54) is 19.3 Å². The highest BCUT2D eigenvalue weighted by Crippen LogP contribution is 2.15. The minimum absolute atomic E-state index is 0.282. The molecule has 0 spiro atoms. The predicted octanol–water partition coefficient (Wildman–Crippen LogP) is 1.34. The summed E-state index contributed by atoms with van der Waals surface area (Å²) in [7, 11) is 0. The molecular formula is C9H17NO2. The Morgan fingerprint density at radius 1 is 1.58 bits per heavy atom. The van der Waals surface area contributed by atoms with E-state index >= 15 is 0 Å². The molecule has 0 aliphatic carbocycles. The number of likely N-dealkylation sites (tertiary alicyclic amines) is 1. The Hall–Kier alpha value is -0.570. The van der Waals surface area contributed by atoms with E-state index in [4.69, 9.17) is 5.11 Å². The van der Waals surface area contributed by atoms with Crippen molar-refractivity contribution in [2.75, 3.05) is 13.1 Å². The minimum atomic E-state index is -0.687. The smallest absolute Gasteiger partial charge is 0.304 e. The van der Waals surface area contributed by atoms with Crippen LogP contribution in [0.4, 0.5) is 0 Å². The van der Waals surface area contributed by atoms with E-state index < -0.39 is 5.97 Å². The summed E-state index contributed by atoms with van der Waals surface area (Å²) in [5.74, 6) is -0.687. The van der Waals surface area contributed by atoms with E-state index in [1.807, 2.05) is 0 Å². The van der Waals surface area contributed by atoms with Crippen LogP contribution in [0.3, 0.4) is 0 Å². The summed E-state index contributed by atoms with van der Waals surface area (Å²) in [4.78, 5) is 12.6. The van der Waals surface area contributed by atoms with Gasteiger partial charge < -0.3 is 10.0 Å². The Balaban J connectivity index is 2.24. The van der Waals surface area contributed by atoms with Crippen molar-refractivity contribution in [1.29, 1.82) is 0 Å². The van der Waals surface area contributed by atoms with Crippen LogP contribution in [0, 0.1) is 0 Å². The normalized spacial score (nSPS) is 25.6. The van der Waals surface area contributed by atoms with Gasteiger partial charge in [0.15, 0.2) is 0 Å². The van der Waals surface area contributed by atoms with Crippen molar-refractivity contribution in [3.05, 3.63) is 0 Å². The zero-order valence-electron chi connectivity index (χ0n) is 7.62. The highest BCUT2D eigenvalue weighted by molar-refractivity contribution is 5.66. The highest BCUT2D eigenvalue weighted by Gasteiger charge is 2.17. The largest absolute Gasteiger partial charge is 0.481 e. The van der Waals surface area contributed by atoms with Crippen LogP contribution in [0.2, 0.25) is 0 Å². The number of carbonyl (C=O) groups is 1. The van der Waals surface area contributed by atoms with Crippen LogP contribution in [0.15, 0.2) is 0 Å². The summed E-state index contributed by atoms with van der Waals surface area (Å²) < 4.78 is 0. The molecular weight excluding hydrogens is 154 g/mol. The number of piperidine rings is 1. The molecule has 70 valence electrons. The summed E-state index contributed by atoms with van der Waals surface area (Å²) in [6.07, 6.45) is 4.03. The number of rotatable bonds is 3. The summed E-state index contributed by atoms with van der Waals surface area (Å²) in [5, 5.41) is 8.50. The number of carboxylic acids is 1. The van der Waals surface area contributed by atoms with Crippen LogP contribution in [0.1, 0.15) is 32.6 Å². The second-order valence-corrected chi connectivity index (χ2v) is 3.52. The monoisotopic (exact) mass is 171 g/mol. The van der Waals surface area contributed by atoms with E-state index in [1.54, 1.807) is 0 Å². The number of aliphatic carboxylic acids is 1. The molecule has 1 fully saturated rings. The Morgan fingerprint density at radius 2 is 2.33 bits per heavy atom. The molecule has 0 bridgehead atoms. The van der Waals surface area contributed by atoms with Crippen LogP contribution < -0.4 is 0 Å². The lowest BCUT2D eigenvalue weighted by atomic mass is 10.0. The Morgan fingerprint density at radius 3 is 2.92 bits per heavy atom. The third kappa shape index (κ3) is 2.81. The summed E-state index contributed by atoms with van der Waals surface area (Å²) in [6, 6.07) is 0.582. The van der Waals surface area contributed by atoms with E-state index in [0.717, 1.165) is 13.1 Å². The average Bonchev–Trinajstić information content (AvgIpc) is 2.03. The van der Waals surface area contributed by atoms with Crippen molar-refractivity contribution < 1.29 is 9.90 Å². The SMILES string of the molecule is CC1CCCCN1CCC(=O)O. The van der Waals surface area contributed by atoms with E-state index in [2.05, 4.69) is 11.8 Å². The Kier molecular flexibility index (Phi) is 3.53. The molecule has 1 aliphatic heterocycles. The van der Waals surface area contributed by atoms with Crippen molar-refractivity contribution in [3.63, 3.8) is 0 Å². The summed E-state index contributed by atoms with van der Waals surface area (Å²) in [5.41, 5.74) is 0. The van der Waals surface area contributed by atoms with Gasteiger partial charge in [-0.3, -0.25) is 4.79 Å². The first kappa shape index (κ1) is 9.52. The first-order chi connectivity index (χ1) is 5.70. The van der Waals surface area contributed by atoms with Gasteiger partial charge in [0, 0.05) is 12.6 Å². The van der Waals surface area contributed by atoms with Crippen molar-refractivity contribution >= 4 is 5.97 Å². The average molecular weight is 171 g/mol. The number of hydrogen-bond acceptors (Lipinski definition) is 2. The number of hydrogen-bond donors (Lipinski definition) is 1. The van der Waals surface area contributed by atoms with Gasteiger partial charge in [0.25, 0.3) is 0 Å². The van der Waals surface area contributed by atoms with Crippen LogP contribution >= 0.6 is 0 Å². The molecule has 0 aromatic carbocycles. The Bertz CT molecular complexity index is 159. The molecule has 0 radical (unpaired) electrons. The molecule has 0 aromatic rings. The standard InChI is InChI=1S/C9H17NO2/c1-8-4-2-3-6-10(8)7-5-9(11)12/h8H,2-7H2,1H3,(H,11,12). The van der Waals surface area contributed by atoms with Crippen molar-refractivity contribution in [3.8, 4) is 0 Å². The quantitative estimate of drug-likeness (QED) is 0.696. The van der Waals surface area contributed by atoms with Gasteiger partial charge in [0.2, 0.25) is 0 Å². The zero-order valence-corrected chi connectivity index (χ0v) is 7.62. The minimum Gasteiger partial charge on any atom is -0.481 e. The van der Waals surface area contributed by atoms with Gasteiger partial charge in [-0.1, -0.05) is 6.42 Å². The third-order valence-corrected chi connectivity index (χ3v) is 2.55. The highest BCUT2D eigenvalue weighted by atomic mass is 16.4. The fourth-order valence-electron chi connectivity index (χ4n) is 1.73. The van der Waals surface area contributed by atoms with Gasteiger partial charge in [-0.2, -0.15) is 0 Å². The molecule has 1 atom stereocenters. The third-order valence-electron chi connectivity index (χ3n) is 2.55. The predicted molar refractivity (Wildman–Crippen MR) is 47.1 cm³/mol. The lowest BCUT2D eigenvalue weighted by Crippen LogP contribution is -2.38. The van der Waals surface area contributed by atoms with Gasteiger partial charge >= 0.3 is 5.97 Å². The van der Waals surface area contributed by atoms with Crippen molar-refractivity contribution in [2.45, 2.75) is 38.6 Å². The van der Waals surface area contributed by atoms with Gasteiger partial charge in [-0.25, -0.2) is 0 Å². The first-order valence-electron chi connectivity index (χ1n) is 4.66. The second kappa shape index (κ2) is 4.45. The van der Waals surface area contributed by atoms with Crippen molar-refractivity contribution in [1.82, 2.24) is 4.90 Å².